The van der Waals surface area contributed by atoms with Crippen LogP contribution in [0, 0.1) is 0 Å². The van der Waals surface area contributed by atoms with Crippen LogP contribution in [-0.2, 0) is 19.6 Å². The second-order valence-electron chi connectivity index (χ2n) is 6.93. The number of amides is 1. The number of hydrogen-bond acceptors (Lipinski definition) is 4. The first-order valence-electron chi connectivity index (χ1n) is 9.37. The van der Waals surface area contributed by atoms with Gasteiger partial charge in [0.15, 0.2) is 5.69 Å². The molecular weight excluding hydrogens is 411 g/mol. The Balaban J connectivity index is 1.41. The molecule has 0 radical (unpaired) electrons. The molecule has 2 N–H and O–H groups in total. The lowest BCUT2D eigenvalue weighted by molar-refractivity contribution is -0.137. The topological polar surface area (TPSA) is 84.8 Å². The van der Waals surface area contributed by atoms with Crippen LogP contribution in [0.4, 0.5) is 18.9 Å². The fourth-order valence-corrected chi connectivity index (χ4v) is 3.08. The van der Waals surface area contributed by atoms with Crippen LogP contribution in [0.15, 0.2) is 54.9 Å². The number of nitrogens with one attached hydrogen (secondary N) is 2. The van der Waals surface area contributed by atoms with E-state index >= 15 is 0 Å². The van der Waals surface area contributed by atoms with Crippen molar-refractivity contribution in [1.29, 1.82) is 0 Å². The predicted molar refractivity (Wildman–Crippen MR) is 108 cm³/mol. The summed E-state index contributed by atoms with van der Waals surface area (Å²) in [5, 5.41) is 11.1. The van der Waals surface area contributed by atoms with Crippen molar-refractivity contribution in [3.63, 3.8) is 0 Å². The highest BCUT2D eigenvalue weighted by Gasteiger charge is 2.29. The van der Waals surface area contributed by atoms with Crippen molar-refractivity contribution in [2.45, 2.75) is 12.6 Å². The van der Waals surface area contributed by atoms with Gasteiger partial charge in [-0.05, 0) is 35.9 Å². The van der Waals surface area contributed by atoms with E-state index in [1.54, 1.807) is 25.4 Å². The molecule has 0 fully saturated rings. The number of H-pyrrole nitrogens is 1. The summed E-state index contributed by atoms with van der Waals surface area (Å²) in [5.74, 6) is 0.191. The van der Waals surface area contributed by atoms with E-state index < -0.39 is 11.7 Å². The van der Waals surface area contributed by atoms with E-state index in [9.17, 15) is 18.0 Å². The Bertz CT molecular complexity index is 1210. The Labute approximate surface area is 174 Å². The maximum Gasteiger partial charge on any atom is 0.416 e. The maximum atomic E-state index is 12.6. The predicted octanol–water partition coefficient (Wildman–Crippen LogP) is 4.19. The fourth-order valence-electron chi connectivity index (χ4n) is 3.08. The van der Waals surface area contributed by atoms with E-state index in [0.717, 1.165) is 28.6 Å². The summed E-state index contributed by atoms with van der Waals surface area (Å²) in [6.45, 7) is 0.294. The number of carbonyl (C=O) groups is 1. The van der Waals surface area contributed by atoms with Gasteiger partial charge in [0.25, 0.3) is 5.91 Å². The fraction of sp³-hybridized carbons (Fsp3) is 0.190. The molecule has 0 saturated carbocycles. The van der Waals surface area contributed by atoms with Crippen LogP contribution in [0.5, 0.6) is 5.75 Å². The largest absolute Gasteiger partial charge is 0.493 e. The molecule has 0 unspecified atom stereocenters. The standard InChI is InChI=1S/C21H18F3N5O2/c1-29-12-19(27-28-29)20(30)26-18-11-25-17-7-6-15(10-16(17)18)31-9-8-13-2-4-14(5-3-13)21(22,23)24/h2-7,10-12,25H,8-9H2,1H3,(H,26,30). The van der Waals surface area contributed by atoms with Crippen molar-refractivity contribution in [2.24, 2.45) is 7.05 Å². The van der Waals surface area contributed by atoms with Gasteiger partial charge in [0, 0.05) is 30.6 Å². The molecule has 0 aliphatic rings. The summed E-state index contributed by atoms with van der Waals surface area (Å²) in [4.78, 5) is 15.4. The lowest BCUT2D eigenvalue weighted by atomic mass is 10.1. The van der Waals surface area contributed by atoms with Gasteiger partial charge in [-0.15, -0.1) is 5.10 Å². The number of nitrogens with zero attached hydrogens (tertiary/aromatic N) is 3. The quantitative estimate of drug-likeness (QED) is 0.481. The number of alkyl halides is 3. The third-order valence-corrected chi connectivity index (χ3v) is 4.68. The van der Waals surface area contributed by atoms with E-state index in [1.165, 1.54) is 23.0 Å². The molecule has 0 saturated heterocycles. The zero-order valence-corrected chi connectivity index (χ0v) is 16.4. The number of fused-ring (bicyclic) bond motifs is 1. The molecule has 0 spiro atoms. The van der Waals surface area contributed by atoms with Gasteiger partial charge in [0.05, 0.1) is 24.1 Å². The molecule has 0 aliphatic heterocycles. The number of benzene rings is 2. The van der Waals surface area contributed by atoms with Gasteiger partial charge in [-0.1, -0.05) is 17.3 Å². The second-order valence-corrected chi connectivity index (χ2v) is 6.93. The third kappa shape index (κ3) is 4.68. The highest BCUT2D eigenvalue weighted by Crippen LogP contribution is 2.30. The molecule has 10 heteroatoms. The first-order chi connectivity index (χ1) is 14.8. The van der Waals surface area contributed by atoms with Crippen molar-refractivity contribution in [3.8, 4) is 5.75 Å². The van der Waals surface area contributed by atoms with Crippen LogP contribution in [0.3, 0.4) is 0 Å². The van der Waals surface area contributed by atoms with Gasteiger partial charge in [-0.3, -0.25) is 9.48 Å². The zero-order valence-electron chi connectivity index (χ0n) is 16.4. The highest BCUT2D eigenvalue weighted by molar-refractivity contribution is 6.08. The molecule has 31 heavy (non-hydrogen) atoms. The van der Waals surface area contributed by atoms with Gasteiger partial charge < -0.3 is 15.0 Å². The molecule has 0 aliphatic carbocycles. The first kappa shape index (κ1) is 20.5. The van der Waals surface area contributed by atoms with Crippen LogP contribution in [-0.4, -0.2) is 32.5 Å². The molecule has 2 aromatic carbocycles. The number of hydrogen-bond donors (Lipinski definition) is 2. The summed E-state index contributed by atoms with van der Waals surface area (Å²) in [5.41, 5.74) is 1.64. The van der Waals surface area contributed by atoms with E-state index in [4.69, 9.17) is 4.74 Å². The van der Waals surface area contributed by atoms with Crippen LogP contribution in [0.2, 0.25) is 0 Å². The minimum atomic E-state index is -4.35. The van der Waals surface area contributed by atoms with Crippen LogP contribution < -0.4 is 10.1 Å². The lowest BCUT2D eigenvalue weighted by Crippen LogP contribution is -2.12. The average molecular weight is 429 g/mol. The smallest absolute Gasteiger partial charge is 0.416 e. The lowest BCUT2D eigenvalue weighted by Gasteiger charge is -2.09. The van der Waals surface area contributed by atoms with Gasteiger partial charge in [0.2, 0.25) is 0 Å². The summed E-state index contributed by atoms with van der Waals surface area (Å²) in [6.07, 6.45) is -0.703. The molecular formula is C21H18F3N5O2. The Hall–Kier alpha value is -3.82. The number of rotatable bonds is 6. The Morgan fingerprint density at radius 1 is 1.19 bits per heavy atom. The first-order valence-corrected chi connectivity index (χ1v) is 9.37. The van der Waals surface area contributed by atoms with E-state index in [-0.39, 0.29) is 11.6 Å². The van der Waals surface area contributed by atoms with Crippen LogP contribution >= 0.6 is 0 Å². The van der Waals surface area contributed by atoms with Crippen molar-refractivity contribution in [1.82, 2.24) is 20.0 Å². The molecule has 4 rings (SSSR count). The van der Waals surface area contributed by atoms with Gasteiger partial charge >= 0.3 is 6.18 Å². The van der Waals surface area contributed by atoms with Crippen molar-refractivity contribution < 1.29 is 22.7 Å². The number of aryl methyl sites for hydroxylation is 1. The third-order valence-electron chi connectivity index (χ3n) is 4.68. The molecule has 1 amide bonds. The number of aromatic amines is 1. The summed E-state index contributed by atoms with van der Waals surface area (Å²) in [6, 6.07) is 10.4. The average Bonchev–Trinajstić information content (AvgIpc) is 3.34. The van der Waals surface area contributed by atoms with E-state index in [2.05, 4.69) is 20.6 Å². The SMILES string of the molecule is Cn1cc(C(=O)Nc2c[nH]c3ccc(OCCc4ccc(C(F)(F)F)cc4)cc23)nn1. The molecule has 160 valence electrons. The maximum absolute atomic E-state index is 12.6. The summed E-state index contributed by atoms with van der Waals surface area (Å²) in [7, 11) is 1.67. The number of anilines is 1. The Morgan fingerprint density at radius 3 is 2.65 bits per heavy atom. The van der Waals surface area contributed by atoms with Crippen LogP contribution in [0.25, 0.3) is 10.9 Å². The number of halogens is 3. The minimum absolute atomic E-state index is 0.195. The number of ether oxygens (including phenoxy) is 1. The Morgan fingerprint density at radius 2 is 1.97 bits per heavy atom. The highest BCUT2D eigenvalue weighted by atomic mass is 19.4. The van der Waals surface area contributed by atoms with E-state index in [0.29, 0.717) is 24.5 Å². The molecule has 2 heterocycles. The molecule has 0 atom stereocenters. The van der Waals surface area contributed by atoms with Gasteiger partial charge in [0.1, 0.15) is 5.75 Å². The molecule has 2 aromatic heterocycles. The number of aromatic nitrogens is 4. The van der Waals surface area contributed by atoms with Crippen molar-refractivity contribution in [2.75, 3.05) is 11.9 Å². The van der Waals surface area contributed by atoms with E-state index in [1.807, 2.05) is 6.07 Å². The second kappa shape index (κ2) is 8.13. The summed E-state index contributed by atoms with van der Waals surface area (Å²) < 4.78 is 45.1. The van der Waals surface area contributed by atoms with Crippen molar-refractivity contribution in [3.05, 3.63) is 71.7 Å². The summed E-state index contributed by atoms with van der Waals surface area (Å²) >= 11 is 0. The normalized spacial score (nSPS) is 11.6. The van der Waals surface area contributed by atoms with Crippen molar-refractivity contribution >= 4 is 22.5 Å². The minimum Gasteiger partial charge on any atom is -0.493 e. The molecule has 4 aromatic rings. The molecule has 0 bridgehead atoms. The van der Waals surface area contributed by atoms with Crippen LogP contribution in [0.1, 0.15) is 21.6 Å². The van der Waals surface area contributed by atoms with Gasteiger partial charge in [-0.2, -0.15) is 13.2 Å². The number of carbonyl (C=O) groups excluding carboxylic acids is 1. The monoisotopic (exact) mass is 429 g/mol. The zero-order chi connectivity index (χ0) is 22.0. The molecule has 7 nitrogen and oxygen atoms in total. The van der Waals surface area contributed by atoms with Gasteiger partial charge in [-0.25, -0.2) is 0 Å². The Kier molecular flexibility index (Phi) is 5.37.